The molecule has 2 rings (SSSR count). The highest BCUT2D eigenvalue weighted by molar-refractivity contribution is 7.12. The van der Waals surface area contributed by atoms with E-state index < -0.39 is 0 Å². The molecule has 0 bridgehead atoms. The fourth-order valence-electron chi connectivity index (χ4n) is 2.73. The fraction of sp³-hybridized carbons (Fsp3) is 0.588. The van der Waals surface area contributed by atoms with Gasteiger partial charge in [-0.05, 0) is 24.8 Å². The minimum Gasteiger partial charge on any atom is -0.465 e. The van der Waals surface area contributed by atoms with Gasteiger partial charge in [-0.2, -0.15) is 0 Å². The van der Waals surface area contributed by atoms with Crippen molar-refractivity contribution in [3.8, 4) is 0 Å². The maximum atomic E-state index is 12.5. The van der Waals surface area contributed by atoms with Gasteiger partial charge in [0.05, 0.1) is 24.6 Å². The van der Waals surface area contributed by atoms with Gasteiger partial charge in [-0.15, -0.1) is 11.3 Å². The molecule has 2 amide bonds. The average Bonchev–Trinajstić information content (AvgIpc) is 3.01. The molecule has 1 aromatic rings. The van der Waals surface area contributed by atoms with E-state index in [1.165, 1.54) is 16.2 Å². The van der Waals surface area contributed by atoms with Gasteiger partial charge in [0.25, 0.3) is 5.91 Å². The van der Waals surface area contributed by atoms with Gasteiger partial charge in [0.2, 0.25) is 5.91 Å². The molecule has 0 unspecified atom stereocenters. The van der Waals surface area contributed by atoms with Crippen LogP contribution in [0, 0.1) is 0 Å². The number of likely N-dealkylation sites (N-methyl/N-ethyl adjacent to an activating group) is 1. The SMILES string of the molecule is CCOC(=O)CN1CCCN(C(=O)CN(C)C(=O)c2cccs2)CC1. The summed E-state index contributed by atoms with van der Waals surface area (Å²) in [7, 11) is 1.64. The standard InChI is InChI=1S/C17H25N3O4S/c1-3-24-16(22)13-19-7-5-8-20(10-9-19)15(21)12-18(2)17(23)14-6-4-11-25-14/h4,6,11H,3,5,7-10,12-13H2,1-2H3. The lowest BCUT2D eigenvalue weighted by Crippen LogP contribution is -2.43. The van der Waals surface area contributed by atoms with Gasteiger partial charge in [0.15, 0.2) is 0 Å². The summed E-state index contributed by atoms with van der Waals surface area (Å²) < 4.78 is 4.97. The molecule has 1 aliphatic rings. The molecule has 0 spiro atoms. The average molecular weight is 367 g/mol. The van der Waals surface area contributed by atoms with Crippen molar-refractivity contribution in [1.29, 1.82) is 0 Å². The molecule has 0 atom stereocenters. The monoisotopic (exact) mass is 367 g/mol. The third-order valence-corrected chi connectivity index (χ3v) is 4.91. The topological polar surface area (TPSA) is 70.2 Å². The summed E-state index contributed by atoms with van der Waals surface area (Å²) in [6.07, 6.45) is 0.799. The Bertz CT molecular complexity index is 591. The molecule has 25 heavy (non-hydrogen) atoms. The van der Waals surface area contributed by atoms with Crippen molar-refractivity contribution in [3.63, 3.8) is 0 Å². The quantitative estimate of drug-likeness (QED) is 0.699. The van der Waals surface area contributed by atoms with Crippen LogP contribution in [0.5, 0.6) is 0 Å². The van der Waals surface area contributed by atoms with Crippen molar-refractivity contribution in [3.05, 3.63) is 22.4 Å². The van der Waals surface area contributed by atoms with E-state index in [0.717, 1.165) is 13.0 Å². The predicted molar refractivity (Wildman–Crippen MR) is 95.5 cm³/mol. The van der Waals surface area contributed by atoms with E-state index >= 15 is 0 Å². The van der Waals surface area contributed by atoms with Crippen molar-refractivity contribution in [2.24, 2.45) is 0 Å². The summed E-state index contributed by atoms with van der Waals surface area (Å²) in [4.78, 5) is 42.2. The van der Waals surface area contributed by atoms with Crippen LogP contribution in [-0.4, -0.2) is 85.4 Å². The molecule has 1 saturated heterocycles. The lowest BCUT2D eigenvalue weighted by Gasteiger charge is -2.24. The Kier molecular flexibility index (Phi) is 7.39. The first-order valence-corrected chi connectivity index (χ1v) is 9.34. The van der Waals surface area contributed by atoms with Crippen LogP contribution in [0.3, 0.4) is 0 Å². The van der Waals surface area contributed by atoms with Crippen molar-refractivity contribution >= 4 is 29.1 Å². The zero-order valence-corrected chi connectivity index (χ0v) is 15.6. The van der Waals surface area contributed by atoms with Crippen LogP contribution in [0.1, 0.15) is 23.0 Å². The van der Waals surface area contributed by atoms with E-state index in [4.69, 9.17) is 4.74 Å². The van der Waals surface area contributed by atoms with Crippen LogP contribution in [0.2, 0.25) is 0 Å². The Morgan fingerprint density at radius 3 is 2.72 bits per heavy atom. The van der Waals surface area contributed by atoms with Crippen molar-refractivity contribution < 1.29 is 19.1 Å². The number of ether oxygens (including phenoxy) is 1. The van der Waals surface area contributed by atoms with Gasteiger partial charge in [0, 0.05) is 33.2 Å². The van der Waals surface area contributed by atoms with Gasteiger partial charge in [0.1, 0.15) is 0 Å². The summed E-state index contributed by atoms with van der Waals surface area (Å²) in [6.45, 7) is 5.07. The first-order chi connectivity index (χ1) is 12.0. The summed E-state index contributed by atoms with van der Waals surface area (Å²) in [5.41, 5.74) is 0. The van der Waals surface area contributed by atoms with Gasteiger partial charge in [-0.25, -0.2) is 0 Å². The smallest absolute Gasteiger partial charge is 0.320 e. The highest BCUT2D eigenvalue weighted by Gasteiger charge is 2.23. The number of hydrogen-bond acceptors (Lipinski definition) is 6. The third-order valence-electron chi connectivity index (χ3n) is 4.05. The summed E-state index contributed by atoms with van der Waals surface area (Å²) in [6, 6.07) is 3.58. The van der Waals surface area contributed by atoms with E-state index in [2.05, 4.69) is 0 Å². The van der Waals surface area contributed by atoms with Crippen LogP contribution in [0.25, 0.3) is 0 Å². The maximum Gasteiger partial charge on any atom is 0.320 e. The van der Waals surface area contributed by atoms with Crippen molar-refractivity contribution in [2.45, 2.75) is 13.3 Å². The number of esters is 1. The summed E-state index contributed by atoms with van der Waals surface area (Å²) in [5, 5.41) is 1.84. The lowest BCUT2D eigenvalue weighted by molar-refractivity contribution is -0.144. The molecule has 7 nitrogen and oxygen atoms in total. The van der Waals surface area contributed by atoms with E-state index in [1.54, 1.807) is 24.9 Å². The van der Waals surface area contributed by atoms with Crippen molar-refractivity contribution in [2.75, 3.05) is 52.9 Å². The van der Waals surface area contributed by atoms with Crippen molar-refractivity contribution in [1.82, 2.24) is 14.7 Å². The highest BCUT2D eigenvalue weighted by atomic mass is 32.1. The first kappa shape index (κ1) is 19.4. The van der Waals surface area contributed by atoms with Gasteiger partial charge < -0.3 is 14.5 Å². The van der Waals surface area contributed by atoms with E-state index in [1.807, 2.05) is 16.3 Å². The number of thiophene rings is 1. The van der Waals surface area contributed by atoms with Crippen LogP contribution < -0.4 is 0 Å². The number of carbonyl (C=O) groups is 3. The highest BCUT2D eigenvalue weighted by Crippen LogP contribution is 2.11. The van der Waals surface area contributed by atoms with Crippen LogP contribution in [0.15, 0.2) is 17.5 Å². The molecule has 1 aliphatic heterocycles. The number of carbonyl (C=O) groups excluding carboxylic acids is 3. The Balaban J connectivity index is 1.82. The molecular formula is C17H25N3O4S. The van der Waals surface area contributed by atoms with Gasteiger partial charge in [-0.3, -0.25) is 19.3 Å². The van der Waals surface area contributed by atoms with Crippen LogP contribution in [0.4, 0.5) is 0 Å². The molecule has 1 fully saturated rings. The van der Waals surface area contributed by atoms with Crippen LogP contribution >= 0.6 is 11.3 Å². The lowest BCUT2D eigenvalue weighted by atomic mass is 10.3. The molecular weight excluding hydrogens is 342 g/mol. The van der Waals surface area contributed by atoms with E-state index in [-0.39, 0.29) is 30.9 Å². The molecule has 0 N–H and O–H groups in total. The zero-order chi connectivity index (χ0) is 18.2. The number of rotatable bonds is 6. The number of hydrogen-bond donors (Lipinski definition) is 0. The molecule has 8 heteroatoms. The van der Waals surface area contributed by atoms with E-state index in [0.29, 0.717) is 31.1 Å². The minimum absolute atomic E-state index is 0.0641. The second-order valence-electron chi connectivity index (χ2n) is 5.95. The first-order valence-electron chi connectivity index (χ1n) is 8.46. The molecule has 138 valence electrons. The Hall–Kier alpha value is -1.93. The predicted octanol–water partition coefficient (Wildman–Crippen LogP) is 0.918. The Morgan fingerprint density at radius 2 is 2.04 bits per heavy atom. The second-order valence-corrected chi connectivity index (χ2v) is 6.90. The van der Waals surface area contributed by atoms with Gasteiger partial charge >= 0.3 is 5.97 Å². The molecule has 1 aromatic heterocycles. The largest absolute Gasteiger partial charge is 0.465 e. The molecule has 2 heterocycles. The van der Waals surface area contributed by atoms with Gasteiger partial charge in [-0.1, -0.05) is 6.07 Å². The normalized spacial score (nSPS) is 15.5. The summed E-state index contributed by atoms with van der Waals surface area (Å²) >= 11 is 1.37. The molecule has 0 saturated carbocycles. The third kappa shape index (κ3) is 5.82. The maximum absolute atomic E-state index is 12.5. The number of nitrogens with zero attached hydrogens (tertiary/aromatic N) is 3. The molecule has 0 radical (unpaired) electrons. The van der Waals surface area contributed by atoms with E-state index in [9.17, 15) is 14.4 Å². The fourth-order valence-corrected chi connectivity index (χ4v) is 3.45. The second kappa shape index (κ2) is 9.53. The molecule has 0 aromatic carbocycles. The Morgan fingerprint density at radius 1 is 1.24 bits per heavy atom. The molecule has 0 aliphatic carbocycles. The summed E-state index contributed by atoms with van der Waals surface area (Å²) in [5.74, 6) is -0.434. The minimum atomic E-state index is -0.233. The van der Waals surface area contributed by atoms with Crippen LogP contribution in [-0.2, 0) is 14.3 Å². The number of amides is 2. The zero-order valence-electron chi connectivity index (χ0n) is 14.8. The Labute approximate surface area is 152 Å².